The van der Waals surface area contributed by atoms with Crippen molar-refractivity contribution in [1.82, 2.24) is 0 Å². The maximum atomic E-state index is 12.2. The summed E-state index contributed by atoms with van der Waals surface area (Å²) in [5.41, 5.74) is 2.23. The molecule has 1 N–H and O–H groups in total. The van der Waals surface area contributed by atoms with E-state index < -0.39 is 0 Å². The lowest BCUT2D eigenvalue weighted by Crippen LogP contribution is -2.14. The van der Waals surface area contributed by atoms with Gasteiger partial charge in [0.1, 0.15) is 5.75 Å². The summed E-state index contributed by atoms with van der Waals surface area (Å²) in [4.78, 5) is 23.4. The summed E-state index contributed by atoms with van der Waals surface area (Å²) < 4.78 is 16.1. The Morgan fingerprint density at radius 2 is 1.63 bits per heavy atom. The van der Waals surface area contributed by atoms with Crippen LogP contribution in [0.1, 0.15) is 35.7 Å². The molecule has 144 valence electrons. The lowest BCUT2D eigenvalue weighted by Gasteiger charge is -2.13. The van der Waals surface area contributed by atoms with E-state index in [0.717, 1.165) is 5.56 Å². The number of amides is 1. The second kappa shape index (κ2) is 9.62. The monoisotopic (exact) mass is 371 g/mol. The first-order valence-electron chi connectivity index (χ1n) is 8.71. The van der Waals surface area contributed by atoms with E-state index in [1.165, 1.54) is 6.92 Å². The van der Waals surface area contributed by atoms with Gasteiger partial charge in [-0.15, -0.1) is 0 Å². The Morgan fingerprint density at radius 3 is 2.22 bits per heavy atom. The zero-order valence-corrected chi connectivity index (χ0v) is 16.1. The normalized spacial score (nSPS) is 10.2. The number of hydrogen-bond donors (Lipinski definition) is 1. The predicted molar refractivity (Wildman–Crippen MR) is 104 cm³/mol. The highest BCUT2D eigenvalue weighted by Crippen LogP contribution is 2.32. The van der Waals surface area contributed by atoms with Crippen LogP contribution < -0.4 is 19.5 Å². The number of benzene rings is 2. The number of ether oxygens (including phenoxy) is 3. The highest BCUT2D eigenvalue weighted by atomic mass is 16.5. The minimum atomic E-state index is -0.0964. The number of hydrogen-bond acceptors (Lipinski definition) is 5. The van der Waals surface area contributed by atoms with Gasteiger partial charge in [0.2, 0.25) is 5.91 Å². The average Bonchev–Trinajstić information content (AvgIpc) is 2.66. The summed E-state index contributed by atoms with van der Waals surface area (Å²) in [5.74, 6) is 1.79. The molecule has 6 heteroatoms. The number of carbonyl (C=O) groups is 2. The Kier molecular flexibility index (Phi) is 7.23. The molecule has 2 aromatic carbocycles. The van der Waals surface area contributed by atoms with Crippen molar-refractivity contribution in [3.63, 3.8) is 0 Å². The van der Waals surface area contributed by atoms with Crippen molar-refractivity contribution in [2.24, 2.45) is 0 Å². The van der Waals surface area contributed by atoms with Gasteiger partial charge in [0, 0.05) is 23.7 Å². The summed E-state index contributed by atoms with van der Waals surface area (Å²) in [6, 6.07) is 10.5. The summed E-state index contributed by atoms with van der Waals surface area (Å²) in [7, 11) is 3.13. The SMILES string of the molecule is COc1cc(C)c(NC(=O)CCCOc2ccc(C(C)=O)cc2)cc1OC. The Balaban J connectivity index is 1.82. The molecule has 0 saturated heterocycles. The molecule has 27 heavy (non-hydrogen) atoms. The van der Waals surface area contributed by atoms with Gasteiger partial charge < -0.3 is 19.5 Å². The van der Waals surface area contributed by atoms with Crippen molar-refractivity contribution >= 4 is 17.4 Å². The second-order valence-corrected chi connectivity index (χ2v) is 6.10. The number of ketones is 1. The molecule has 0 atom stereocenters. The van der Waals surface area contributed by atoms with Crippen molar-refractivity contribution in [2.75, 3.05) is 26.1 Å². The van der Waals surface area contributed by atoms with Crippen LogP contribution >= 0.6 is 0 Å². The minimum Gasteiger partial charge on any atom is -0.494 e. The summed E-state index contributed by atoms with van der Waals surface area (Å²) in [5, 5.41) is 2.89. The van der Waals surface area contributed by atoms with Crippen molar-refractivity contribution in [1.29, 1.82) is 0 Å². The average molecular weight is 371 g/mol. The summed E-state index contributed by atoms with van der Waals surface area (Å²) >= 11 is 0. The number of methoxy groups -OCH3 is 2. The minimum absolute atomic E-state index is 0.0173. The highest BCUT2D eigenvalue weighted by Gasteiger charge is 2.11. The smallest absolute Gasteiger partial charge is 0.224 e. The van der Waals surface area contributed by atoms with Gasteiger partial charge in [-0.1, -0.05) is 0 Å². The molecule has 0 fully saturated rings. The lowest BCUT2D eigenvalue weighted by molar-refractivity contribution is -0.116. The van der Waals surface area contributed by atoms with Gasteiger partial charge >= 0.3 is 0 Å². The molecule has 0 unspecified atom stereocenters. The summed E-state index contributed by atoms with van der Waals surface area (Å²) in [6.07, 6.45) is 0.909. The molecule has 0 aliphatic heterocycles. The molecule has 1 amide bonds. The molecule has 0 spiro atoms. The number of aryl methyl sites for hydroxylation is 1. The van der Waals surface area contributed by atoms with E-state index in [1.807, 2.05) is 13.0 Å². The number of nitrogens with one attached hydrogen (secondary N) is 1. The maximum absolute atomic E-state index is 12.2. The molecular weight excluding hydrogens is 346 g/mol. The molecule has 0 radical (unpaired) electrons. The fourth-order valence-electron chi connectivity index (χ4n) is 2.54. The van der Waals surface area contributed by atoms with Crippen molar-refractivity contribution in [3.8, 4) is 17.2 Å². The fraction of sp³-hybridized carbons (Fsp3) is 0.333. The van der Waals surface area contributed by atoms with Gasteiger partial charge in [-0.2, -0.15) is 0 Å². The van der Waals surface area contributed by atoms with Gasteiger partial charge in [0.25, 0.3) is 0 Å². The maximum Gasteiger partial charge on any atom is 0.224 e. The molecule has 6 nitrogen and oxygen atoms in total. The Morgan fingerprint density at radius 1 is 1.00 bits per heavy atom. The van der Waals surface area contributed by atoms with Crippen molar-refractivity contribution < 1.29 is 23.8 Å². The van der Waals surface area contributed by atoms with Crippen LogP contribution in [0.5, 0.6) is 17.2 Å². The molecule has 0 aliphatic rings. The van der Waals surface area contributed by atoms with Crippen LogP contribution in [0.4, 0.5) is 5.69 Å². The number of Topliss-reactive ketones (excluding diaryl/α,β-unsaturated/α-hetero) is 1. The largest absolute Gasteiger partial charge is 0.494 e. The molecule has 0 aromatic heterocycles. The third-order valence-electron chi connectivity index (χ3n) is 4.08. The predicted octanol–water partition coefficient (Wildman–Crippen LogP) is 4.01. The van der Waals surface area contributed by atoms with E-state index in [-0.39, 0.29) is 11.7 Å². The molecule has 2 aromatic rings. The number of carbonyl (C=O) groups excluding carboxylic acids is 2. The van der Waals surface area contributed by atoms with Crippen molar-refractivity contribution in [3.05, 3.63) is 47.5 Å². The van der Waals surface area contributed by atoms with E-state index >= 15 is 0 Å². The first-order valence-corrected chi connectivity index (χ1v) is 8.71. The molecular formula is C21H25NO5. The summed E-state index contributed by atoms with van der Waals surface area (Å²) in [6.45, 7) is 3.83. The third kappa shape index (κ3) is 5.74. The van der Waals surface area contributed by atoms with E-state index in [2.05, 4.69) is 5.32 Å². The van der Waals surface area contributed by atoms with Crippen LogP contribution in [0.2, 0.25) is 0 Å². The third-order valence-corrected chi connectivity index (χ3v) is 4.08. The molecule has 0 heterocycles. The van der Waals surface area contributed by atoms with Crippen LogP contribution in [0.3, 0.4) is 0 Å². The van der Waals surface area contributed by atoms with Gasteiger partial charge in [0.15, 0.2) is 17.3 Å². The fourth-order valence-corrected chi connectivity index (χ4v) is 2.54. The first kappa shape index (κ1) is 20.3. The van der Waals surface area contributed by atoms with E-state index in [9.17, 15) is 9.59 Å². The van der Waals surface area contributed by atoms with E-state index in [0.29, 0.717) is 47.9 Å². The number of anilines is 1. The molecule has 0 bridgehead atoms. The van der Waals surface area contributed by atoms with Gasteiger partial charge in [-0.05, 0) is 56.2 Å². The first-order chi connectivity index (χ1) is 12.9. The quantitative estimate of drug-likeness (QED) is 0.532. The van der Waals surface area contributed by atoms with E-state index in [1.54, 1.807) is 44.6 Å². The standard InChI is InChI=1S/C21H25NO5/c1-14-12-19(25-3)20(26-4)13-18(14)22-21(24)6-5-11-27-17-9-7-16(8-10-17)15(2)23/h7-10,12-13H,5-6,11H2,1-4H3,(H,22,24). The zero-order valence-electron chi connectivity index (χ0n) is 16.1. The highest BCUT2D eigenvalue weighted by molar-refractivity contribution is 5.94. The van der Waals surface area contributed by atoms with Crippen LogP contribution in [-0.4, -0.2) is 32.5 Å². The molecule has 0 saturated carbocycles. The van der Waals surface area contributed by atoms with Gasteiger partial charge in [-0.3, -0.25) is 9.59 Å². The van der Waals surface area contributed by atoms with Crippen LogP contribution in [-0.2, 0) is 4.79 Å². The van der Waals surface area contributed by atoms with Crippen LogP contribution in [0.15, 0.2) is 36.4 Å². The van der Waals surface area contributed by atoms with E-state index in [4.69, 9.17) is 14.2 Å². The Bertz CT molecular complexity index is 799. The topological polar surface area (TPSA) is 73.9 Å². The Labute approximate surface area is 159 Å². The Hall–Kier alpha value is -3.02. The number of rotatable bonds is 9. The van der Waals surface area contributed by atoms with Crippen LogP contribution in [0, 0.1) is 6.92 Å². The zero-order chi connectivity index (χ0) is 19.8. The van der Waals surface area contributed by atoms with Crippen molar-refractivity contribution in [2.45, 2.75) is 26.7 Å². The molecule has 2 rings (SSSR count). The second-order valence-electron chi connectivity index (χ2n) is 6.10. The van der Waals surface area contributed by atoms with Gasteiger partial charge in [0.05, 0.1) is 20.8 Å². The molecule has 0 aliphatic carbocycles. The van der Waals surface area contributed by atoms with Crippen LogP contribution in [0.25, 0.3) is 0 Å². The van der Waals surface area contributed by atoms with Gasteiger partial charge in [-0.25, -0.2) is 0 Å². The lowest BCUT2D eigenvalue weighted by atomic mass is 10.1.